The van der Waals surface area contributed by atoms with Crippen LogP contribution in [0, 0.1) is 0 Å². The highest BCUT2D eigenvalue weighted by molar-refractivity contribution is 9.10. The highest BCUT2D eigenvalue weighted by Gasteiger charge is 2.03. The maximum atomic E-state index is 5.81. The van der Waals surface area contributed by atoms with E-state index in [9.17, 15) is 0 Å². The summed E-state index contributed by atoms with van der Waals surface area (Å²) in [6, 6.07) is 6.08. The molecule has 0 aliphatic rings. The molecule has 1 aromatic heterocycles. The normalized spacial score (nSPS) is 10.8. The Morgan fingerprint density at radius 2 is 2.25 bits per heavy atom. The molecule has 1 N–H and O–H groups in total. The smallest absolute Gasteiger partial charge is 0.120 e. The van der Waals surface area contributed by atoms with Crippen LogP contribution in [-0.4, -0.2) is 16.3 Å². The Bertz CT molecular complexity index is 554. The number of nitrogens with zero attached hydrogens (tertiary/aromatic N) is 2. The van der Waals surface area contributed by atoms with Gasteiger partial charge in [-0.2, -0.15) is 5.10 Å². The molecule has 2 aromatic rings. The Morgan fingerprint density at radius 1 is 1.40 bits per heavy atom. The van der Waals surface area contributed by atoms with Crippen molar-refractivity contribution in [1.29, 1.82) is 0 Å². The van der Waals surface area contributed by atoms with Gasteiger partial charge in [-0.15, -0.1) is 0 Å². The third-order valence-corrected chi connectivity index (χ3v) is 3.70. The summed E-state index contributed by atoms with van der Waals surface area (Å²) in [6.45, 7) is 4.57. The number of nitrogens with one attached hydrogen (secondary N) is 1. The van der Waals surface area contributed by atoms with E-state index in [2.05, 4.69) is 39.3 Å². The van der Waals surface area contributed by atoms with Crippen molar-refractivity contribution in [2.45, 2.75) is 26.5 Å². The van der Waals surface area contributed by atoms with Gasteiger partial charge in [-0.25, -0.2) is 0 Å². The number of aromatic nitrogens is 2. The summed E-state index contributed by atoms with van der Waals surface area (Å²) in [5.41, 5.74) is 2.28. The molecule has 4 nitrogen and oxygen atoms in total. The highest BCUT2D eigenvalue weighted by atomic mass is 79.9. The van der Waals surface area contributed by atoms with Gasteiger partial charge in [0, 0.05) is 29.8 Å². The van der Waals surface area contributed by atoms with E-state index in [0.717, 1.165) is 35.3 Å². The van der Waals surface area contributed by atoms with Crippen molar-refractivity contribution in [3.63, 3.8) is 0 Å². The van der Waals surface area contributed by atoms with E-state index in [-0.39, 0.29) is 0 Å². The van der Waals surface area contributed by atoms with E-state index in [1.54, 1.807) is 4.68 Å². The first kappa shape index (κ1) is 15.1. The van der Waals surface area contributed by atoms with Gasteiger partial charge in [-0.1, -0.05) is 22.9 Å². The first-order valence-electron chi connectivity index (χ1n) is 6.78. The summed E-state index contributed by atoms with van der Waals surface area (Å²) in [4.78, 5) is 0. The molecule has 0 aliphatic heterocycles. The van der Waals surface area contributed by atoms with Gasteiger partial charge in [-0.3, -0.25) is 4.68 Å². The third kappa shape index (κ3) is 4.35. The number of hydrogen-bond acceptors (Lipinski definition) is 3. The van der Waals surface area contributed by atoms with Crippen LogP contribution in [0.3, 0.4) is 0 Å². The lowest BCUT2D eigenvalue weighted by atomic mass is 10.2. The predicted molar refractivity (Wildman–Crippen MR) is 83.7 cm³/mol. The van der Waals surface area contributed by atoms with Crippen LogP contribution < -0.4 is 10.1 Å². The molecule has 0 bridgehead atoms. The van der Waals surface area contributed by atoms with Gasteiger partial charge in [-0.05, 0) is 36.7 Å². The second-order valence-electron chi connectivity index (χ2n) is 4.74. The van der Waals surface area contributed by atoms with Crippen LogP contribution in [0.2, 0.25) is 0 Å². The Hall–Kier alpha value is -1.33. The van der Waals surface area contributed by atoms with Crippen molar-refractivity contribution in [2.75, 3.05) is 6.54 Å². The summed E-state index contributed by atoms with van der Waals surface area (Å²) in [5.74, 6) is 0.880. The molecule has 0 unspecified atom stereocenters. The summed E-state index contributed by atoms with van der Waals surface area (Å²) in [6.07, 6.45) is 4.92. The molecule has 0 atom stereocenters. The monoisotopic (exact) mass is 337 g/mol. The molecule has 0 aliphatic carbocycles. The lowest BCUT2D eigenvalue weighted by Gasteiger charge is -2.10. The van der Waals surface area contributed by atoms with Crippen LogP contribution in [0.15, 0.2) is 35.1 Å². The Morgan fingerprint density at radius 3 is 2.95 bits per heavy atom. The quantitative estimate of drug-likeness (QED) is 0.788. The van der Waals surface area contributed by atoms with Crippen molar-refractivity contribution in [1.82, 2.24) is 15.1 Å². The van der Waals surface area contributed by atoms with Crippen LogP contribution in [0.1, 0.15) is 24.5 Å². The number of rotatable bonds is 7. The topological polar surface area (TPSA) is 39.1 Å². The average molecular weight is 338 g/mol. The van der Waals surface area contributed by atoms with Gasteiger partial charge < -0.3 is 10.1 Å². The van der Waals surface area contributed by atoms with Gasteiger partial charge in [0.2, 0.25) is 0 Å². The van der Waals surface area contributed by atoms with E-state index in [1.165, 1.54) is 5.56 Å². The zero-order valence-corrected chi connectivity index (χ0v) is 13.5. The average Bonchev–Trinajstić information content (AvgIpc) is 2.85. The Balaban J connectivity index is 1.95. The fourth-order valence-electron chi connectivity index (χ4n) is 1.89. The number of hydrogen-bond donors (Lipinski definition) is 1. The van der Waals surface area contributed by atoms with E-state index >= 15 is 0 Å². The van der Waals surface area contributed by atoms with Crippen molar-refractivity contribution < 1.29 is 4.74 Å². The van der Waals surface area contributed by atoms with Crippen LogP contribution in [0.5, 0.6) is 5.75 Å². The third-order valence-electron chi connectivity index (χ3n) is 2.92. The maximum Gasteiger partial charge on any atom is 0.120 e. The second-order valence-corrected chi connectivity index (χ2v) is 5.60. The number of aryl methyl sites for hydroxylation is 1. The van der Waals surface area contributed by atoms with Crippen molar-refractivity contribution in [3.8, 4) is 5.75 Å². The van der Waals surface area contributed by atoms with Crippen LogP contribution in [0.4, 0.5) is 0 Å². The molecule has 0 fully saturated rings. The summed E-state index contributed by atoms with van der Waals surface area (Å²) in [5, 5.41) is 7.53. The minimum absolute atomic E-state index is 0.539. The molecule has 0 amide bonds. The minimum Gasteiger partial charge on any atom is -0.489 e. The first-order valence-corrected chi connectivity index (χ1v) is 7.58. The highest BCUT2D eigenvalue weighted by Crippen LogP contribution is 2.23. The van der Waals surface area contributed by atoms with Gasteiger partial charge in [0.25, 0.3) is 0 Å². The molecule has 1 aromatic carbocycles. The van der Waals surface area contributed by atoms with Crippen molar-refractivity contribution in [3.05, 3.63) is 46.2 Å². The summed E-state index contributed by atoms with van der Waals surface area (Å²) in [7, 11) is 1.90. The number of halogens is 1. The molecular formula is C15H20BrN3O. The van der Waals surface area contributed by atoms with E-state index in [0.29, 0.717) is 6.61 Å². The molecule has 1 heterocycles. The van der Waals surface area contributed by atoms with Gasteiger partial charge in [0.15, 0.2) is 0 Å². The van der Waals surface area contributed by atoms with E-state index < -0.39 is 0 Å². The maximum absolute atomic E-state index is 5.81. The van der Waals surface area contributed by atoms with Gasteiger partial charge >= 0.3 is 0 Å². The Labute approximate surface area is 128 Å². The molecule has 20 heavy (non-hydrogen) atoms. The summed E-state index contributed by atoms with van der Waals surface area (Å²) < 4.78 is 8.69. The van der Waals surface area contributed by atoms with Crippen LogP contribution in [-0.2, 0) is 20.2 Å². The molecule has 0 radical (unpaired) electrons. The van der Waals surface area contributed by atoms with Crippen LogP contribution in [0.25, 0.3) is 0 Å². The predicted octanol–water partition coefficient (Wildman–Crippen LogP) is 3.26. The molecule has 0 saturated heterocycles. The molecular weight excluding hydrogens is 318 g/mol. The molecule has 108 valence electrons. The second kappa shape index (κ2) is 7.45. The zero-order chi connectivity index (χ0) is 14.4. The molecule has 0 saturated carbocycles. The molecule has 2 rings (SSSR count). The lowest BCUT2D eigenvalue weighted by molar-refractivity contribution is 0.305. The standard InChI is InChI=1S/C15H20BrN3O/c1-3-6-17-9-13-7-14(4-5-15(13)16)20-11-12-8-18-19(2)10-12/h4-5,7-8,10,17H,3,6,9,11H2,1-2H3. The van der Waals surface area contributed by atoms with Gasteiger partial charge in [0.05, 0.1) is 6.20 Å². The van der Waals surface area contributed by atoms with E-state index in [4.69, 9.17) is 4.74 Å². The van der Waals surface area contributed by atoms with Gasteiger partial charge in [0.1, 0.15) is 12.4 Å². The largest absolute Gasteiger partial charge is 0.489 e. The lowest BCUT2D eigenvalue weighted by Crippen LogP contribution is -2.14. The van der Waals surface area contributed by atoms with E-state index in [1.807, 2.05) is 31.6 Å². The van der Waals surface area contributed by atoms with Crippen molar-refractivity contribution >= 4 is 15.9 Å². The SMILES string of the molecule is CCCNCc1cc(OCc2cnn(C)c2)ccc1Br. The fourth-order valence-corrected chi connectivity index (χ4v) is 2.28. The number of benzene rings is 1. The number of ether oxygens (including phenoxy) is 1. The minimum atomic E-state index is 0.539. The fraction of sp³-hybridized carbons (Fsp3) is 0.400. The summed E-state index contributed by atoms with van der Waals surface area (Å²) >= 11 is 3.57. The van der Waals surface area contributed by atoms with Crippen molar-refractivity contribution in [2.24, 2.45) is 7.05 Å². The first-order chi connectivity index (χ1) is 9.69. The van der Waals surface area contributed by atoms with Crippen LogP contribution >= 0.6 is 15.9 Å². The zero-order valence-electron chi connectivity index (χ0n) is 11.9. The molecule has 5 heteroatoms. The molecule has 0 spiro atoms. The Kier molecular flexibility index (Phi) is 5.61.